The maximum atomic E-state index is 12.8. The van der Waals surface area contributed by atoms with Crippen LogP contribution in [0.2, 0.25) is 10.0 Å². The number of benzene rings is 2. The molecule has 2 aromatic carbocycles. The van der Waals surface area contributed by atoms with E-state index in [-0.39, 0.29) is 39.4 Å². The maximum absolute atomic E-state index is 12.8. The molecular formula is C24H20Cl2F2N2O5S. The van der Waals surface area contributed by atoms with E-state index in [4.69, 9.17) is 27.9 Å². The van der Waals surface area contributed by atoms with Gasteiger partial charge in [-0.2, -0.15) is 8.78 Å². The molecule has 3 aromatic rings. The number of anilines is 1. The molecule has 36 heavy (non-hydrogen) atoms. The Hall–Kier alpha value is -3.08. The Labute approximate surface area is 220 Å². The van der Waals surface area contributed by atoms with Gasteiger partial charge in [0.15, 0.2) is 11.5 Å². The Kier molecular flexibility index (Phi) is 10.2. The molecule has 3 rings (SSSR count). The van der Waals surface area contributed by atoms with Crippen LogP contribution in [-0.2, 0) is 4.74 Å². The zero-order valence-electron chi connectivity index (χ0n) is 18.8. The van der Waals surface area contributed by atoms with E-state index in [1.807, 2.05) is 0 Å². The van der Waals surface area contributed by atoms with Crippen LogP contribution >= 0.6 is 35.0 Å². The summed E-state index contributed by atoms with van der Waals surface area (Å²) < 4.78 is 40.5. The number of aromatic nitrogens is 1. The second kappa shape index (κ2) is 13.3. The van der Waals surface area contributed by atoms with Gasteiger partial charge >= 0.3 is 12.6 Å². The number of rotatable bonds is 11. The van der Waals surface area contributed by atoms with Gasteiger partial charge in [0, 0.05) is 28.6 Å². The minimum atomic E-state index is -3.06. The second-order valence-electron chi connectivity index (χ2n) is 7.04. The molecule has 1 aromatic heterocycles. The predicted octanol–water partition coefficient (Wildman–Crippen LogP) is 6.59. The SMILES string of the molecule is COC(=O)c1ccc(SCCCOc2cc(C(=O)Nc3c(Cl)cncc3Cl)ccc2OC(F)F)cc1. The number of carbonyl (C=O) groups is 2. The Balaban J connectivity index is 1.61. The summed E-state index contributed by atoms with van der Waals surface area (Å²) in [6.45, 7) is -2.88. The number of esters is 1. The van der Waals surface area contributed by atoms with Crippen molar-refractivity contribution in [2.75, 3.05) is 24.8 Å². The standard InChI is InChI=1S/C24H20Cl2F2N2O5S/c1-33-23(32)14-3-6-16(7-4-14)36-10-2-9-34-20-11-15(5-8-19(20)35-24(27)28)22(31)30-21-17(25)12-29-13-18(21)26/h3-8,11-13,24H,2,9-10H2,1H3,(H,29,30,31). The van der Waals surface area contributed by atoms with Gasteiger partial charge in [0.25, 0.3) is 5.91 Å². The number of methoxy groups -OCH3 is 1. The molecule has 7 nitrogen and oxygen atoms in total. The molecule has 0 unspecified atom stereocenters. The monoisotopic (exact) mass is 556 g/mol. The summed E-state index contributed by atoms with van der Waals surface area (Å²) in [6, 6.07) is 10.8. The highest BCUT2D eigenvalue weighted by atomic mass is 35.5. The maximum Gasteiger partial charge on any atom is 0.387 e. The van der Waals surface area contributed by atoms with E-state index < -0.39 is 18.5 Å². The van der Waals surface area contributed by atoms with Crippen molar-refractivity contribution >= 4 is 52.5 Å². The molecule has 0 aliphatic heterocycles. The van der Waals surface area contributed by atoms with E-state index in [1.165, 1.54) is 49.5 Å². The number of amides is 1. The Bertz CT molecular complexity index is 1200. The summed E-state index contributed by atoms with van der Waals surface area (Å²) in [5.41, 5.74) is 0.745. The molecule has 0 atom stereocenters. The molecule has 0 radical (unpaired) electrons. The van der Waals surface area contributed by atoms with Gasteiger partial charge in [0.05, 0.1) is 35.0 Å². The molecule has 0 saturated carbocycles. The van der Waals surface area contributed by atoms with Crippen molar-refractivity contribution in [2.45, 2.75) is 17.9 Å². The molecule has 0 aliphatic carbocycles. The third kappa shape index (κ3) is 7.71. The minimum absolute atomic E-state index is 0.0118. The molecular weight excluding hydrogens is 537 g/mol. The number of hydrogen-bond donors (Lipinski definition) is 1. The lowest BCUT2D eigenvalue weighted by Gasteiger charge is -2.14. The van der Waals surface area contributed by atoms with E-state index in [0.717, 1.165) is 4.90 Å². The van der Waals surface area contributed by atoms with Crippen LogP contribution in [0.25, 0.3) is 0 Å². The highest BCUT2D eigenvalue weighted by Gasteiger charge is 2.17. The number of thioether (sulfide) groups is 1. The predicted molar refractivity (Wildman–Crippen MR) is 134 cm³/mol. The van der Waals surface area contributed by atoms with Gasteiger partial charge in [0.2, 0.25) is 0 Å². The van der Waals surface area contributed by atoms with Crippen LogP contribution < -0.4 is 14.8 Å². The molecule has 0 fully saturated rings. The lowest BCUT2D eigenvalue weighted by atomic mass is 10.2. The van der Waals surface area contributed by atoms with Crippen molar-refractivity contribution in [3.8, 4) is 11.5 Å². The third-order valence-corrected chi connectivity index (χ3v) is 6.28. The van der Waals surface area contributed by atoms with Gasteiger partial charge in [-0.25, -0.2) is 4.79 Å². The number of hydrogen-bond acceptors (Lipinski definition) is 7. The molecule has 0 aliphatic rings. The van der Waals surface area contributed by atoms with Gasteiger partial charge < -0.3 is 19.5 Å². The van der Waals surface area contributed by atoms with Crippen molar-refractivity contribution in [3.05, 3.63) is 76.0 Å². The van der Waals surface area contributed by atoms with Crippen molar-refractivity contribution in [1.82, 2.24) is 4.98 Å². The summed E-state index contributed by atoms with van der Waals surface area (Å²) in [6.07, 6.45) is 3.21. The van der Waals surface area contributed by atoms with Gasteiger partial charge in [-0.15, -0.1) is 11.8 Å². The molecule has 1 N–H and O–H groups in total. The lowest BCUT2D eigenvalue weighted by Crippen LogP contribution is -2.14. The van der Waals surface area contributed by atoms with Crippen LogP contribution in [-0.4, -0.2) is 42.9 Å². The average molecular weight is 557 g/mol. The molecule has 1 amide bonds. The van der Waals surface area contributed by atoms with E-state index in [2.05, 4.69) is 19.8 Å². The Morgan fingerprint density at radius 2 is 1.69 bits per heavy atom. The molecule has 0 bridgehead atoms. The summed E-state index contributed by atoms with van der Waals surface area (Å²) >= 11 is 13.6. The number of nitrogens with one attached hydrogen (secondary N) is 1. The summed E-state index contributed by atoms with van der Waals surface area (Å²) in [4.78, 5) is 29.0. The number of carbonyl (C=O) groups excluding carboxylic acids is 2. The quantitative estimate of drug-likeness (QED) is 0.162. The van der Waals surface area contributed by atoms with Gasteiger partial charge in [-0.3, -0.25) is 9.78 Å². The molecule has 12 heteroatoms. The molecule has 0 spiro atoms. The molecule has 0 saturated heterocycles. The highest BCUT2D eigenvalue weighted by molar-refractivity contribution is 7.99. The highest BCUT2D eigenvalue weighted by Crippen LogP contribution is 2.32. The van der Waals surface area contributed by atoms with Crippen molar-refractivity contribution < 1.29 is 32.6 Å². The number of ether oxygens (including phenoxy) is 3. The largest absolute Gasteiger partial charge is 0.490 e. The first kappa shape index (κ1) is 27.5. The van der Waals surface area contributed by atoms with Gasteiger partial charge in [-0.05, 0) is 48.9 Å². The normalized spacial score (nSPS) is 10.7. The van der Waals surface area contributed by atoms with Gasteiger partial charge in [0.1, 0.15) is 0 Å². The number of halogens is 4. The second-order valence-corrected chi connectivity index (χ2v) is 9.02. The van der Waals surface area contributed by atoms with Gasteiger partial charge in [-0.1, -0.05) is 23.2 Å². The number of alkyl halides is 2. The summed E-state index contributed by atoms with van der Waals surface area (Å²) in [7, 11) is 1.32. The minimum Gasteiger partial charge on any atom is -0.490 e. The lowest BCUT2D eigenvalue weighted by molar-refractivity contribution is -0.0514. The third-order valence-electron chi connectivity index (χ3n) is 4.60. The molecule has 1 heterocycles. The number of pyridine rings is 1. The smallest absolute Gasteiger partial charge is 0.387 e. The van der Waals surface area contributed by atoms with Crippen LogP contribution in [0, 0.1) is 0 Å². The zero-order valence-corrected chi connectivity index (χ0v) is 21.1. The van der Waals surface area contributed by atoms with Crippen molar-refractivity contribution in [2.24, 2.45) is 0 Å². The fraction of sp³-hybridized carbons (Fsp3) is 0.208. The van der Waals surface area contributed by atoms with E-state index >= 15 is 0 Å². The van der Waals surface area contributed by atoms with E-state index in [1.54, 1.807) is 24.3 Å². The van der Waals surface area contributed by atoms with Crippen LogP contribution in [0.4, 0.5) is 14.5 Å². The van der Waals surface area contributed by atoms with Crippen LogP contribution in [0.5, 0.6) is 11.5 Å². The summed E-state index contributed by atoms with van der Waals surface area (Å²) in [5.74, 6) is -0.550. The first-order chi connectivity index (χ1) is 17.3. The Morgan fingerprint density at radius 3 is 2.33 bits per heavy atom. The first-order valence-electron chi connectivity index (χ1n) is 10.4. The van der Waals surface area contributed by atoms with Crippen molar-refractivity contribution in [3.63, 3.8) is 0 Å². The van der Waals surface area contributed by atoms with Crippen LogP contribution in [0.1, 0.15) is 27.1 Å². The molecule has 190 valence electrons. The topological polar surface area (TPSA) is 86.8 Å². The fourth-order valence-electron chi connectivity index (χ4n) is 2.91. The van der Waals surface area contributed by atoms with Crippen LogP contribution in [0.3, 0.4) is 0 Å². The number of nitrogens with zero attached hydrogens (tertiary/aromatic N) is 1. The summed E-state index contributed by atoms with van der Waals surface area (Å²) in [5, 5.41) is 2.85. The first-order valence-corrected chi connectivity index (χ1v) is 12.2. The average Bonchev–Trinajstić information content (AvgIpc) is 2.86. The fourth-order valence-corrected chi connectivity index (χ4v) is 4.19. The van der Waals surface area contributed by atoms with E-state index in [0.29, 0.717) is 17.7 Å². The van der Waals surface area contributed by atoms with E-state index in [9.17, 15) is 18.4 Å². The Morgan fingerprint density at radius 1 is 1.03 bits per heavy atom. The van der Waals surface area contributed by atoms with Crippen LogP contribution in [0.15, 0.2) is 59.8 Å². The van der Waals surface area contributed by atoms with Crippen molar-refractivity contribution in [1.29, 1.82) is 0 Å². The zero-order chi connectivity index (χ0) is 26.1.